The van der Waals surface area contributed by atoms with Gasteiger partial charge in [-0.2, -0.15) is 4.98 Å². The maximum atomic E-state index is 12.8. The summed E-state index contributed by atoms with van der Waals surface area (Å²) in [6, 6.07) is 6.98. The van der Waals surface area contributed by atoms with Gasteiger partial charge in [0.2, 0.25) is 5.95 Å². The number of carbonyl (C=O) groups excluding carboxylic acids is 1. The SMILES string of the molecule is O=C1CCC2(CCCCC2)n2c1cc1cnc(Nc3ccc(N4CCN(C5CCC5)CC4)cn3)nc12. The van der Waals surface area contributed by atoms with Gasteiger partial charge in [0.1, 0.15) is 11.5 Å². The fraction of sp³-hybridized carbons (Fsp3) is 0.571. The van der Waals surface area contributed by atoms with Gasteiger partial charge in [-0.3, -0.25) is 9.69 Å². The van der Waals surface area contributed by atoms with Crippen molar-refractivity contribution in [3.8, 4) is 0 Å². The van der Waals surface area contributed by atoms with Gasteiger partial charge in [0.15, 0.2) is 5.78 Å². The highest BCUT2D eigenvalue weighted by Crippen LogP contribution is 2.45. The predicted octanol–water partition coefficient (Wildman–Crippen LogP) is 4.88. The Bertz CT molecular complexity index is 1270. The molecule has 0 amide bonds. The van der Waals surface area contributed by atoms with Gasteiger partial charge in [-0.15, -0.1) is 0 Å². The van der Waals surface area contributed by atoms with Crippen molar-refractivity contribution in [1.82, 2.24) is 24.4 Å². The second kappa shape index (κ2) is 8.83. The summed E-state index contributed by atoms with van der Waals surface area (Å²) in [5.41, 5.74) is 2.88. The number of nitrogens with zero attached hydrogens (tertiary/aromatic N) is 6. The van der Waals surface area contributed by atoms with Crippen LogP contribution in [0, 0.1) is 0 Å². The number of pyridine rings is 1. The van der Waals surface area contributed by atoms with E-state index in [2.05, 4.69) is 35.7 Å². The standard InChI is InChI=1S/C28H35N7O/c36-24-9-12-28(10-2-1-3-11-28)35-23(24)17-20-18-30-27(32-26(20)35)31-25-8-7-22(19-29-25)34-15-13-33(14-16-34)21-5-4-6-21/h7-8,17-19,21H,1-6,9-16H2,(H,29,30,31,32). The Labute approximate surface area is 212 Å². The van der Waals surface area contributed by atoms with Crippen LogP contribution in [0.4, 0.5) is 17.5 Å². The summed E-state index contributed by atoms with van der Waals surface area (Å²) in [7, 11) is 0. The third-order valence-corrected chi connectivity index (χ3v) is 9.16. The Balaban J connectivity index is 1.10. The minimum Gasteiger partial charge on any atom is -0.368 e. The van der Waals surface area contributed by atoms with Gasteiger partial charge in [0.05, 0.1) is 17.6 Å². The van der Waals surface area contributed by atoms with E-state index in [0.717, 1.165) is 74.0 Å². The van der Waals surface area contributed by atoms with Crippen LogP contribution in [0.25, 0.3) is 11.0 Å². The van der Waals surface area contributed by atoms with E-state index in [4.69, 9.17) is 4.98 Å². The minimum absolute atomic E-state index is 0.0252. The van der Waals surface area contributed by atoms with Crippen LogP contribution in [0.5, 0.6) is 0 Å². The van der Waals surface area contributed by atoms with Crippen LogP contribution in [0.1, 0.15) is 74.7 Å². The van der Waals surface area contributed by atoms with Gasteiger partial charge in [-0.25, -0.2) is 9.97 Å². The highest BCUT2D eigenvalue weighted by molar-refractivity contribution is 6.00. The molecule has 1 spiro atoms. The first-order valence-electron chi connectivity index (χ1n) is 13.8. The summed E-state index contributed by atoms with van der Waals surface area (Å²) in [5.74, 6) is 1.49. The minimum atomic E-state index is 0.0252. The zero-order valence-electron chi connectivity index (χ0n) is 21.0. The molecule has 3 aromatic rings. The maximum Gasteiger partial charge on any atom is 0.230 e. The molecular formula is C28H35N7O. The lowest BCUT2D eigenvalue weighted by Crippen LogP contribution is -2.52. The van der Waals surface area contributed by atoms with E-state index in [1.165, 1.54) is 44.2 Å². The molecule has 3 aromatic heterocycles. The van der Waals surface area contributed by atoms with Gasteiger partial charge in [-0.05, 0) is 50.3 Å². The molecule has 1 saturated heterocycles. The van der Waals surface area contributed by atoms with Gasteiger partial charge in [0, 0.05) is 55.8 Å². The molecule has 7 rings (SSSR count). The second-order valence-corrected chi connectivity index (χ2v) is 11.2. The molecule has 5 heterocycles. The van der Waals surface area contributed by atoms with Gasteiger partial charge in [0.25, 0.3) is 0 Å². The lowest BCUT2D eigenvalue weighted by molar-refractivity contribution is 0.0852. The number of aromatic nitrogens is 4. The van der Waals surface area contributed by atoms with Crippen molar-refractivity contribution in [2.24, 2.45) is 0 Å². The Morgan fingerprint density at radius 1 is 0.917 bits per heavy atom. The molecule has 0 bridgehead atoms. The number of piperazine rings is 1. The van der Waals surface area contributed by atoms with Crippen molar-refractivity contribution in [3.63, 3.8) is 0 Å². The Hall–Kier alpha value is -3.00. The fourth-order valence-electron chi connectivity index (χ4n) is 6.86. The lowest BCUT2D eigenvalue weighted by Gasteiger charge is -2.43. The van der Waals surface area contributed by atoms with E-state index in [0.29, 0.717) is 12.4 Å². The van der Waals surface area contributed by atoms with E-state index in [-0.39, 0.29) is 11.3 Å². The van der Waals surface area contributed by atoms with Crippen LogP contribution in [-0.4, -0.2) is 62.4 Å². The lowest BCUT2D eigenvalue weighted by atomic mass is 9.75. The zero-order chi connectivity index (χ0) is 24.1. The van der Waals surface area contributed by atoms with E-state index in [1.807, 2.05) is 24.5 Å². The first-order valence-corrected chi connectivity index (χ1v) is 13.8. The molecular weight excluding hydrogens is 450 g/mol. The number of hydrogen-bond acceptors (Lipinski definition) is 7. The van der Waals surface area contributed by atoms with Crippen LogP contribution in [0.2, 0.25) is 0 Å². The van der Waals surface area contributed by atoms with Crippen LogP contribution in [0.3, 0.4) is 0 Å². The molecule has 36 heavy (non-hydrogen) atoms. The van der Waals surface area contributed by atoms with Crippen LogP contribution in [-0.2, 0) is 5.54 Å². The van der Waals surface area contributed by atoms with Crippen molar-refractivity contribution in [2.45, 2.75) is 75.8 Å². The van der Waals surface area contributed by atoms with Crippen molar-refractivity contribution in [2.75, 3.05) is 36.4 Å². The average Bonchev–Trinajstić information content (AvgIpc) is 3.28. The average molecular weight is 486 g/mol. The highest BCUT2D eigenvalue weighted by atomic mass is 16.1. The molecule has 1 N–H and O–H groups in total. The molecule has 0 atom stereocenters. The molecule has 0 unspecified atom stereocenters. The summed E-state index contributed by atoms with van der Waals surface area (Å²) >= 11 is 0. The summed E-state index contributed by atoms with van der Waals surface area (Å²) in [6.45, 7) is 4.41. The first kappa shape index (κ1) is 22.2. The third-order valence-electron chi connectivity index (χ3n) is 9.16. The number of ketones is 1. The Kier molecular flexibility index (Phi) is 5.45. The number of fused-ring (bicyclic) bond motifs is 4. The maximum absolute atomic E-state index is 12.8. The van der Waals surface area contributed by atoms with Crippen LogP contribution < -0.4 is 10.2 Å². The highest BCUT2D eigenvalue weighted by Gasteiger charge is 2.41. The topological polar surface area (TPSA) is 79.2 Å². The van der Waals surface area contributed by atoms with E-state index in [1.54, 1.807) is 0 Å². The summed E-state index contributed by atoms with van der Waals surface area (Å²) in [6.07, 6.45) is 15.5. The van der Waals surface area contributed by atoms with E-state index >= 15 is 0 Å². The smallest absolute Gasteiger partial charge is 0.230 e. The van der Waals surface area contributed by atoms with Crippen LogP contribution >= 0.6 is 0 Å². The fourth-order valence-corrected chi connectivity index (χ4v) is 6.86. The largest absolute Gasteiger partial charge is 0.368 e. The number of rotatable bonds is 4. The number of carbonyl (C=O) groups is 1. The number of Topliss-reactive ketones (excluding diaryl/α,β-unsaturated/α-hetero) is 1. The number of hydrogen-bond donors (Lipinski definition) is 1. The van der Waals surface area contributed by atoms with Gasteiger partial charge >= 0.3 is 0 Å². The molecule has 8 nitrogen and oxygen atoms in total. The molecule has 8 heteroatoms. The molecule has 188 valence electrons. The van der Waals surface area contributed by atoms with Crippen molar-refractivity contribution < 1.29 is 4.79 Å². The van der Waals surface area contributed by atoms with Crippen LogP contribution in [0.15, 0.2) is 30.6 Å². The number of anilines is 3. The molecule has 2 aliphatic carbocycles. The van der Waals surface area contributed by atoms with Crippen molar-refractivity contribution in [1.29, 1.82) is 0 Å². The molecule has 3 fully saturated rings. The quantitative estimate of drug-likeness (QED) is 0.564. The Morgan fingerprint density at radius 3 is 2.47 bits per heavy atom. The molecule has 2 aliphatic heterocycles. The Morgan fingerprint density at radius 2 is 1.75 bits per heavy atom. The monoisotopic (exact) mass is 485 g/mol. The van der Waals surface area contributed by atoms with Crippen molar-refractivity contribution in [3.05, 3.63) is 36.3 Å². The van der Waals surface area contributed by atoms with Gasteiger partial charge < -0.3 is 14.8 Å². The second-order valence-electron chi connectivity index (χ2n) is 11.2. The zero-order valence-corrected chi connectivity index (χ0v) is 21.0. The summed E-state index contributed by atoms with van der Waals surface area (Å²) in [4.78, 5) is 32.0. The van der Waals surface area contributed by atoms with Gasteiger partial charge in [-0.1, -0.05) is 25.7 Å². The molecule has 4 aliphatic rings. The molecule has 0 radical (unpaired) electrons. The predicted molar refractivity (Wildman–Crippen MR) is 141 cm³/mol. The summed E-state index contributed by atoms with van der Waals surface area (Å²) < 4.78 is 2.26. The number of nitrogens with one attached hydrogen (secondary N) is 1. The van der Waals surface area contributed by atoms with Crippen molar-refractivity contribution >= 4 is 34.3 Å². The molecule has 0 aromatic carbocycles. The normalized spacial score (nSPS) is 22.6. The molecule has 2 saturated carbocycles. The summed E-state index contributed by atoms with van der Waals surface area (Å²) in [5, 5.41) is 4.25. The van der Waals surface area contributed by atoms with E-state index in [9.17, 15) is 4.79 Å². The third kappa shape index (κ3) is 3.77. The first-order chi connectivity index (χ1) is 17.7. The van der Waals surface area contributed by atoms with E-state index < -0.39 is 0 Å².